The van der Waals surface area contributed by atoms with E-state index in [1.165, 1.54) is 5.56 Å². The van der Waals surface area contributed by atoms with Gasteiger partial charge in [-0.25, -0.2) is 4.79 Å². The lowest BCUT2D eigenvalue weighted by molar-refractivity contribution is 0.00695. The lowest BCUT2D eigenvalue weighted by Crippen LogP contribution is -2.44. The number of halogens is 1. The van der Waals surface area contributed by atoms with E-state index in [0.717, 1.165) is 35.4 Å². The molecule has 0 atom stereocenters. The number of esters is 1. The second-order valence-electron chi connectivity index (χ2n) is 6.34. The van der Waals surface area contributed by atoms with E-state index >= 15 is 0 Å². The van der Waals surface area contributed by atoms with Crippen molar-refractivity contribution in [2.75, 3.05) is 31.1 Å². The summed E-state index contributed by atoms with van der Waals surface area (Å²) >= 11 is 2.29. The third-order valence-electron chi connectivity index (χ3n) is 3.41. The van der Waals surface area contributed by atoms with E-state index in [1.54, 1.807) is 0 Å². The number of benzene rings is 1. The molecule has 0 saturated carbocycles. The number of carbonyl (C=O) groups is 1. The maximum absolute atomic E-state index is 12.3. The number of piperazine rings is 1. The van der Waals surface area contributed by atoms with E-state index in [0.29, 0.717) is 5.56 Å². The summed E-state index contributed by atoms with van der Waals surface area (Å²) in [5, 5.41) is 3.35. The Morgan fingerprint density at radius 3 is 2.48 bits per heavy atom. The van der Waals surface area contributed by atoms with Gasteiger partial charge in [-0.3, -0.25) is 0 Å². The van der Waals surface area contributed by atoms with Crippen LogP contribution in [0.4, 0.5) is 5.69 Å². The van der Waals surface area contributed by atoms with Gasteiger partial charge in [-0.15, -0.1) is 0 Å². The van der Waals surface area contributed by atoms with Crippen LogP contribution in [-0.2, 0) is 4.74 Å². The maximum Gasteiger partial charge on any atom is 0.338 e. The first-order valence-electron chi connectivity index (χ1n) is 7.27. The summed E-state index contributed by atoms with van der Waals surface area (Å²) in [5.74, 6) is -0.253. The van der Waals surface area contributed by atoms with Crippen molar-refractivity contribution in [3.63, 3.8) is 0 Å². The molecule has 1 aliphatic rings. The van der Waals surface area contributed by atoms with Crippen LogP contribution in [0.3, 0.4) is 0 Å². The highest BCUT2D eigenvalue weighted by molar-refractivity contribution is 14.1. The van der Waals surface area contributed by atoms with Gasteiger partial charge in [0.1, 0.15) is 5.60 Å². The second kappa shape index (κ2) is 6.52. The fourth-order valence-corrected chi connectivity index (χ4v) is 2.97. The molecule has 1 aliphatic heterocycles. The zero-order valence-electron chi connectivity index (χ0n) is 13.1. The van der Waals surface area contributed by atoms with Gasteiger partial charge in [0.15, 0.2) is 0 Å². The zero-order valence-corrected chi connectivity index (χ0v) is 15.3. The summed E-state index contributed by atoms with van der Waals surface area (Å²) in [6.45, 7) is 11.7. The Bertz CT molecular complexity index is 532. The maximum atomic E-state index is 12.3. The Hall–Kier alpha value is -0.820. The van der Waals surface area contributed by atoms with Gasteiger partial charge >= 0.3 is 5.97 Å². The van der Waals surface area contributed by atoms with Gasteiger partial charge in [0.2, 0.25) is 0 Å². The normalized spacial score (nSPS) is 16.0. The predicted octanol–water partition coefficient (Wildman–Crippen LogP) is 2.96. The monoisotopic (exact) mass is 402 g/mol. The Kier molecular flexibility index (Phi) is 5.14. The minimum atomic E-state index is -0.470. The van der Waals surface area contributed by atoms with Gasteiger partial charge in [-0.05, 0) is 68.0 Å². The van der Waals surface area contributed by atoms with Crippen LogP contribution in [0.5, 0.6) is 0 Å². The molecule has 0 amide bonds. The minimum Gasteiger partial charge on any atom is -0.456 e. The summed E-state index contributed by atoms with van der Waals surface area (Å²) in [4.78, 5) is 14.6. The van der Waals surface area contributed by atoms with Crippen molar-refractivity contribution in [3.8, 4) is 0 Å². The Labute approximate surface area is 140 Å². The van der Waals surface area contributed by atoms with Crippen molar-refractivity contribution in [2.24, 2.45) is 0 Å². The van der Waals surface area contributed by atoms with Crippen molar-refractivity contribution in [3.05, 3.63) is 26.8 Å². The summed E-state index contributed by atoms with van der Waals surface area (Å²) in [5.41, 5.74) is 2.53. The topological polar surface area (TPSA) is 41.6 Å². The van der Waals surface area contributed by atoms with Crippen LogP contribution in [0.1, 0.15) is 36.7 Å². The standard InChI is InChI=1S/C16H23IN2O2/c1-11-13(17)9-12(15(20)21-16(2,3)4)10-14(11)19-7-5-18-6-8-19/h9-10,18H,5-8H2,1-4H3. The number of carbonyl (C=O) groups excluding carboxylic acids is 1. The zero-order chi connectivity index (χ0) is 15.6. The highest BCUT2D eigenvalue weighted by Gasteiger charge is 2.21. The van der Waals surface area contributed by atoms with E-state index < -0.39 is 5.60 Å². The average Bonchev–Trinajstić information content (AvgIpc) is 2.40. The summed E-state index contributed by atoms with van der Waals surface area (Å²) in [6, 6.07) is 3.88. The largest absolute Gasteiger partial charge is 0.456 e. The quantitative estimate of drug-likeness (QED) is 0.610. The van der Waals surface area contributed by atoms with Gasteiger partial charge in [-0.1, -0.05) is 0 Å². The van der Waals surface area contributed by atoms with Crippen LogP contribution >= 0.6 is 22.6 Å². The molecular weight excluding hydrogens is 379 g/mol. The number of rotatable bonds is 2. The van der Waals surface area contributed by atoms with E-state index in [9.17, 15) is 4.79 Å². The van der Waals surface area contributed by atoms with Crippen LogP contribution in [-0.4, -0.2) is 37.7 Å². The van der Waals surface area contributed by atoms with Crippen molar-refractivity contribution < 1.29 is 9.53 Å². The Balaban J connectivity index is 2.31. The first kappa shape index (κ1) is 16.5. The molecule has 4 nitrogen and oxygen atoms in total. The Morgan fingerprint density at radius 2 is 1.90 bits per heavy atom. The van der Waals surface area contributed by atoms with Gasteiger partial charge < -0.3 is 15.0 Å². The van der Waals surface area contributed by atoms with Gasteiger partial charge in [0.25, 0.3) is 0 Å². The molecule has 1 heterocycles. The van der Waals surface area contributed by atoms with Crippen LogP contribution in [0.2, 0.25) is 0 Å². The number of hydrogen-bond acceptors (Lipinski definition) is 4. The van der Waals surface area contributed by atoms with Crippen molar-refractivity contribution >= 4 is 34.2 Å². The fourth-order valence-electron chi connectivity index (χ4n) is 2.35. The SMILES string of the molecule is Cc1c(I)cc(C(=O)OC(C)(C)C)cc1N1CCNCC1. The van der Waals surface area contributed by atoms with Crippen LogP contribution in [0.25, 0.3) is 0 Å². The van der Waals surface area contributed by atoms with E-state index in [2.05, 4.69) is 39.7 Å². The third-order valence-corrected chi connectivity index (χ3v) is 4.53. The molecule has 0 aliphatic carbocycles. The van der Waals surface area contributed by atoms with E-state index in [-0.39, 0.29) is 5.97 Å². The molecule has 21 heavy (non-hydrogen) atoms. The van der Waals surface area contributed by atoms with Gasteiger partial charge in [-0.2, -0.15) is 0 Å². The second-order valence-corrected chi connectivity index (χ2v) is 7.50. The lowest BCUT2D eigenvalue weighted by Gasteiger charge is -2.31. The van der Waals surface area contributed by atoms with Crippen molar-refractivity contribution in [1.29, 1.82) is 0 Å². The summed E-state index contributed by atoms with van der Waals surface area (Å²) < 4.78 is 6.59. The number of ether oxygens (including phenoxy) is 1. The number of nitrogens with one attached hydrogen (secondary N) is 1. The van der Waals surface area contributed by atoms with E-state index in [1.807, 2.05) is 32.9 Å². The molecule has 1 fully saturated rings. The molecular formula is C16H23IN2O2. The van der Waals surface area contributed by atoms with E-state index in [4.69, 9.17) is 4.74 Å². The molecule has 0 aromatic heterocycles. The summed E-state index contributed by atoms with van der Waals surface area (Å²) in [7, 11) is 0. The van der Waals surface area contributed by atoms with Crippen molar-refractivity contribution in [1.82, 2.24) is 5.32 Å². The molecule has 0 spiro atoms. The number of hydrogen-bond donors (Lipinski definition) is 1. The third kappa shape index (κ3) is 4.32. The fraction of sp³-hybridized carbons (Fsp3) is 0.562. The smallest absolute Gasteiger partial charge is 0.338 e. The molecule has 1 aromatic carbocycles. The first-order valence-corrected chi connectivity index (χ1v) is 8.35. The molecule has 0 bridgehead atoms. The van der Waals surface area contributed by atoms with Crippen LogP contribution < -0.4 is 10.2 Å². The highest BCUT2D eigenvalue weighted by Crippen LogP contribution is 2.28. The molecule has 0 radical (unpaired) electrons. The molecule has 116 valence electrons. The van der Waals surface area contributed by atoms with Gasteiger partial charge in [0, 0.05) is 35.4 Å². The minimum absolute atomic E-state index is 0.253. The van der Waals surface area contributed by atoms with Crippen molar-refractivity contribution in [2.45, 2.75) is 33.3 Å². The Morgan fingerprint density at radius 1 is 1.29 bits per heavy atom. The van der Waals surface area contributed by atoms with Crippen LogP contribution in [0.15, 0.2) is 12.1 Å². The molecule has 1 saturated heterocycles. The van der Waals surface area contributed by atoms with Gasteiger partial charge in [0.05, 0.1) is 5.56 Å². The molecule has 2 rings (SSSR count). The molecule has 1 N–H and O–H groups in total. The highest BCUT2D eigenvalue weighted by atomic mass is 127. The molecule has 1 aromatic rings. The molecule has 5 heteroatoms. The average molecular weight is 402 g/mol. The number of nitrogens with zero attached hydrogens (tertiary/aromatic N) is 1. The first-order chi connectivity index (χ1) is 9.78. The lowest BCUT2D eigenvalue weighted by atomic mass is 10.1. The molecule has 0 unspecified atom stereocenters. The summed E-state index contributed by atoms with van der Waals surface area (Å²) in [6.07, 6.45) is 0. The number of anilines is 1. The predicted molar refractivity (Wildman–Crippen MR) is 94.1 cm³/mol. The van der Waals surface area contributed by atoms with Crippen LogP contribution in [0, 0.1) is 10.5 Å².